The van der Waals surface area contributed by atoms with Crippen molar-refractivity contribution < 1.29 is 19.0 Å². The van der Waals surface area contributed by atoms with Crippen LogP contribution in [0.25, 0.3) is 5.57 Å². The minimum Gasteiger partial charge on any atom is -0.496 e. The second-order valence-corrected chi connectivity index (χ2v) is 5.61. The Morgan fingerprint density at radius 1 is 1.16 bits per heavy atom. The van der Waals surface area contributed by atoms with E-state index in [-0.39, 0.29) is 5.91 Å². The van der Waals surface area contributed by atoms with Crippen LogP contribution in [0.5, 0.6) is 17.2 Å². The first-order valence-electron chi connectivity index (χ1n) is 7.96. The van der Waals surface area contributed by atoms with Crippen LogP contribution in [0.3, 0.4) is 0 Å². The number of ether oxygens (including phenoxy) is 3. The van der Waals surface area contributed by atoms with Gasteiger partial charge in [0.2, 0.25) is 0 Å². The zero-order valence-corrected chi connectivity index (χ0v) is 14.5. The molecule has 132 valence electrons. The Morgan fingerprint density at radius 2 is 1.88 bits per heavy atom. The number of rotatable bonds is 5. The molecule has 0 spiro atoms. The summed E-state index contributed by atoms with van der Waals surface area (Å²) >= 11 is 0. The summed E-state index contributed by atoms with van der Waals surface area (Å²) in [5.74, 6) is 2.00. The number of nitrogens with zero attached hydrogens (tertiary/aromatic N) is 2. The summed E-state index contributed by atoms with van der Waals surface area (Å²) < 4.78 is 16.3. The largest absolute Gasteiger partial charge is 0.496 e. The molecule has 0 atom stereocenters. The van der Waals surface area contributed by atoms with Gasteiger partial charge < -0.3 is 19.1 Å². The fraction of sp³-hybridized carbons (Fsp3) is 0.333. The Balaban J connectivity index is 1.87. The maximum absolute atomic E-state index is 12.4. The van der Waals surface area contributed by atoms with Crippen LogP contribution in [0, 0.1) is 0 Å². The van der Waals surface area contributed by atoms with Crippen LogP contribution in [0.15, 0.2) is 30.5 Å². The molecule has 2 heterocycles. The highest BCUT2D eigenvalue weighted by atomic mass is 16.5. The Morgan fingerprint density at radius 3 is 2.36 bits per heavy atom. The maximum atomic E-state index is 12.4. The van der Waals surface area contributed by atoms with E-state index in [9.17, 15) is 4.79 Å². The summed E-state index contributed by atoms with van der Waals surface area (Å²) in [5, 5.41) is 6.54. The van der Waals surface area contributed by atoms with Gasteiger partial charge in [-0.3, -0.25) is 9.89 Å². The molecule has 1 N–H and O–H groups in total. The van der Waals surface area contributed by atoms with E-state index >= 15 is 0 Å². The van der Waals surface area contributed by atoms with Crippen molar-refractivity contribution in [2.75, 3.05) is 34.4 Å². The van der Waals surface area contributed by atoms with Gasteiger partial charge in [-0.2, -0.15) is 5.10 Å². The van der Waals surface area contributed by atoms with Crippen LogP contribution in [-0.2, 0) is 0 Å². The zero-order valence-electron chi connectivity index (χ0n) is 14.5. The van der Waals surface area contributed by atoms with Crippen LogP contribution in [0.1, 0.15) is 22.5 Å². The third-order valence-corrected chi connectivity index (χ3v) is 4.26. The summed E-state index contributed by atoms with van der Waals surface area (Å²) in [7, 11) is 4.84. The van der Waals surface area contributed by atoms with Gasteiger partial charge in [0.05, 0.1) is 26.9 Å². The molecule has 0 aliphatic carbocycles. The smallest absolute Gasteiger partial charge is 0.272 e. The molecule has 7 heteroatoms. The minimum absolute atomic E-state index is 0.0542. The van der Waals surface area contributed by atoms with E-state index in [0.29, 0.717) is 42.5 Å². The maximum Gasteiger partial charge on any atom is 0.272 e. The van der Waals surface area contributed by atoms with Crippen molar-refractivity contribution in [3.05, 3.63) is 41.7 Å². The molecule has 0 bridgehead atoms. The number of H-pyrrole nitrogens is 1. The van der Waals surface area contributed by atoms with Crippen LogP contribution >= 0.6 is 0 Å². The summed E-state index contributed by atoms with van der Waals surface area (Å²) in [4.78, 5) is 14.2. The predicted molar refractivity (Wildman–Crippen MR) is 93.2 cm³/mol. The number of nitrogens with one attached hydrogen (secondary N) is 1. The summed E-state index contributed by atoms with van der Waals surface area (Å²) in [6, 6.07) is 5.35. The molecule has 0 saturated heterocycles. The first-order valence-corrected chi connectivity index (χ1v) is 7.96. The molecule has 7 nitrogen and oxygen atoms in total. The van der Waals surface area contributed by atoms with Crippen molar-refractivity contribution in [2.24, 2.45) is 0 Å². The monoisotopic (exact) mass is 343 g/mol. The molecule has 25 heavy (non-hydrogen) atoms. The van der Waals surface area contributed by atoms with Crippen LogP contribution in [0.2, 0.25) is 0 Å². The van der Waals surface area contributed by atoms with Crippen molar-refractivity contribution in [2.45, 2.75) is 6.42 Å². The SMILES string of the molecule is COc1cc(OC)c(C2=CCN(C(=O)c3ccn[nH]3)CC2)c(OC)c1. The number of benzene rings is 1. The van der Waals surface area contributed by atoms with E-state index in [0.717, 1.165) is 11.1 Å². The topological polar surface area (TPSA) is 76.7 Å². The number of carbonyl (C=O) groups is 1. The van der Waals surface area contributed by atoms with E-state index in [1.54, 1.807) is 38.5 Å². The Kier molecular flexibility index (Phi) is 4.92. The molecule has 0 saturated carbocycles. The Hall–Kier alpha value is -2.96. The van der Waals surface area contributed by atoms with Crippen molar-refractivity contribution in [3.63, 3.8) is 0 Å². The first-order chi connectivity index (χ1) is 12.2. The van der Waals surface area contributed by atoms with Crippen molar-refractivity contribution in [1.29, 1.82) is 0 Å². The van der Waals surface area contributed by atoms with Crippen LogP contribution in [0.4, 0.5) is 0 Å². The summed E-state index contributed by atoms with van der Waals surface area (Å²) in [6.07, 6.45) is 4.31. The molecule has 3 rings (SSSR count). The molecule has 1 aromatic carbocycles. The average Bonchev–Trinajstić information content (AvgIpc) is 3.21. The molecule has 0 fully saturated rings. The number of amides is 1. The zero-order chi connectivity index (χ0) is 17.8. The van der Waals surface area contributed by atoms with E-state index in [4.69, 9.17) is 14.2 Å². The lowest BCUT2D eigenvalue weighted by Gasteiger charge is -2.27. The number of aromatic nitrogens is 2. The van der Waals surface area contributed by atoms with Gasteiger partial charge in [0.1, 0.15) is 22.9 Å². The van der Waals surface area contributed by atoms with Gasteiger partial charge in [-0.1, -0.05) is 6.08 Å². The van der Waals surface area contributed by atoms with Crippen molar-refractivity contribution >= 4 is 11.5 Å². The molecule has 1 aliphatic heterocycles. The Bertz CT molecular complexity index is 759. The van der Waals surface area contributed by atoms with Crippen LogP contribution in [-0.4, -0.2) is 55.4 Å². The number of methoxy groups -OCH3 is 3. The van der Waals surface area contributed by atoms with E-state index < -0.39 is 0 Å². The predicted octanol–water partition coefficient (Wildman–Crippen LogP) is 2.37. The fourth-order valence-electron chi connectivity index (χ4n) is 2.95. The lowest BCUT2D eigenvalue weighted by molar-refractivity contribution is 0.0767. The fourth-order valence-corrected chi connectivity index (χ4v) is 2.95. The molecule has 1 aromatic heterocycles. The lowest BCUT2D eigenvalue weighted by atomic mass is 9.97. The first kappa shape index (κ1) is 16.9. The highest BCUT2D eigenvalue weighted by molar-refractivity contribution is 5.93. The van der Waals surface area contributed by atoms with E-state index in [2.05, 4.69) is 10.2 Å². The summed E-state index contributed by atoms with van der Waals surface area (Å²) in [5.41, 5.74) is 2.49. The van der Waals surface area contributed by atoms with Crippen molar-refractivity contribution in [1.82, 2.24) is 15.1 Å². The molecule has 2 aromatic rings. The van der Waals surface area contributed by atoms with Gasteiger partial charge in [0, 0.05) is 31.4 Å². The molecular formula is C18H21N3O4. The van der Waals surface area contributed by atoms with Gasteiger partial charge in [0.15, 0.2) is 0 Å². The van der Waals surface area contributed by atoms with Crippen LogP contribution < -0.4 is 14.2 Å². The quantitative estimate of drug-likeness (QED) is 0.902. The highest BCUT2D eigenvalue weighted by Crippen LogP contribution is 2.40. The molecule has 0 unspecified atom stereocenters. The minimum atomic E-state index is -0.0542. The van der Waals surface area contributed by atoms with Gasteiger partial charge in [-0.25, -0.2) is 0 Å². The summed E-state index contributed by atoms with van der Waals surface area (Å²) in [6.45, 7) is 1.13. The lowest BCUT2D eigenvalue weighted by Crippen LogP contribution is -2.34. The van der Waals surface area contributed by atoms with Gasteiger partial charge >= 0.3 is 0 Å². The number of hydrogen-bond acceptors (Lipinski definition) is 5. The third kappa shape index (κ3) is 3.31. The normalized spacial score (nSPS) is 14.0. The van der Waals surface area contributed by atoms with Gasteiger partial charge in [0.25, 0.3) is 5.91 Å². The number of aromatic amines is 1. The molecule has 1 amide bonds. The average molecular weight is 343 g/mol. The second-order valence-electron chi connectivity index (χ2n) is 5.61. The van der Waals surface area contributed by atoms with E-state index in [1.165, 1.54) is 0 Å². The molecule has 1 aliphatic rings. The highest BCUT2D eigenvalue weighted by Gasteiger charge is 2.24. The molecular weight excluding hydrogens is 322 g/mol. The van der Waals surface area contributed by atoms with Crippen molar-refractivity contribution in [3.8, 4) is 17.2 Å². The van der Waals surface area contributed by atoms with Gasteiger partial charge in [-0.05, 0) is 18.1 Å². The van der Waals surface area contributed by atoms with E-state index in [1.807, 2.05) is 18.2 Å². The standard InChI is InChI=1S/C18H21N3O4/c1-23-13-10-15(24-2)17(16(11-13)25-3)12-5-8-21(9-6-12)18(22)14-4-7-19-20-14/h4-5,7,10-11H,6,8-9H2,1-3H3,(H,19,20). The third-order valence-electron chi connectivity index (χ3n) is 4.26. The number of carbonyl (C=O) groups excluding carboxylic acids is 1. The second kappa shape index (κ2) is 7.29. The molecule has 0 radical (unpaired) electrons. The number of hydrogen-bond donors (Lipinski definition) is 1. The Labute approximate surface area is 146 Å². The van der Waals surface area contributed by atoms with Gasteiger partial charge in [-0.15, -0.1) is 0 Å².